The molecule has 0 atom stereocenters. The van der Waals surface area contributed by atoms with Crippen LogP contribution in [-0.2, 0) is 0 Å². The van der Waals surface area contributed by atoms with Gasteiger partial charge in [-0.15, -0.1) is 34.0 Å². The smallest absolute Gasteiger partial charge is 0.255 e. The van der Waals surface area contributed by atoms with E-state index in [1.165, 1.54) is 34.0 Å². The summed E-state index contributed by atoms with van der Waals surface area (Å²) in [7, 11) is 7.89. The Kier molecular flexibility index (Phi) is 17.5. The lowest BCUT2D eigenvalue weighted by Gasteiger charge is -2.12. The molecule has 0 unspecified atom stereocenters. The normalized spacial score (nSPS) is 10.4. The van der Waals surface area contributed by atoms with Gasteiger partial charge in [0.05, 0.1) is 70.2 Å². The van der Waals surface area contributed by atoms with Gasteiger partial charge in [-0.25, -0.2) is 0 Å². The zero-order valence-corrected chi connectivity index (χ0v) is 38.7. The molecule has 0 saturated carbocycles. The molecule has 0 aliphatic heterocycles. The van der Waals surface area contributed by atoms with Gasteiger partial charge in [0.2, 0.25) is 0 Å². The number of thiophene rings is 3. The van der Waals surface area contributed by atoms with E-state index in [0.717, 1.165) is 33.4 Å². The van der Waals surface area contributed by atoms with Crippen molar-refractivity contribution < 1.29 is 33.3 Å². The van der Waals surface area contributed by atoms with Gasteiger partial charge in [0, 0.05) is 52.5 Å². The van der Waals surface area contributed by atoms with Crippen LogP contribution in [-0.4, -0.2) is 65.8 Å². The second-order valence-corrected chi connectivity index (χ2v) is 16.5. The SMILES string of the molecule is CCNC(=O)c1c(-c2ccc(OC)c(OC)c2)csc1N.CNC(=O)c1c(-c2ccc(Cl)c(Cl)c2)csc1N.COc1ccc(-c2csc(N)c2C(=O)NC(C)C)cc1OC. The zero-order chi connectivity index (χ0) is 45.0. The lowest BCUT2D eigenvalue weighted by molar-refractivity contribution is 0.0940. The summed E-state index contributed by atoms with van der Waals surface area (Å²) in [6.45, 7) is 6.25. The molecule has 3 aromatic carbocycles. The van der Waals surface area contributed by atoms with E-state index in [1.807, 2.05) is 79.4 Å². The summed E-state index contributed by atoms with van der Waals surface area (Å²) in [4.78, 5) is 36.3. The third-order valence-electron chi connectivity index (χ3n) is 8.74. The Morgan fingerprint density at radius 2 is 0.984 bits per heavy atom. The molecular formula is C43H48Cl2N6O7S3. The first kappa shape index (κ1) is 48.0. The predicted molar refractivity (Wildman–Crippen MR) is 253 cm³/mol. The van der Waals surface area contributed by atoms with Crippen molar-refractivity contribution in [2.24, 2.45) is 0 Å². The van der Waals surface area contributed by atoms with E-state index >= 15 is 0 Å². The molecule has 324 valence electrons. The van der Waals surface area contributed by atoms with Crippen LogP contribution in [0.1, 0.15) is 51.8 Å². The first-order valence-corrected chi connectivity index (χ1v) is 21.9. The van der Waals surface area contributed by atoms with Gasteiger partial charge in [-0.3, -0.25) is 14.4 Å². The summed E-state index contributed by atoms with van der Waals surface area (Å²) in [6, 6.07) is 16.3. The van der Waals surface area contributed by atoms with Crippen molar-refractivity contribution in [3.05, 3.63) is 97.5 Å². The van der Waals surface area contributed by atoms with Crippen LogP contribution < -0.4 is 52.1 Å². The minimum absolute atomic E-state index is 0.0463. The number of hydrogen-bond acceptors (Lipinski definition) is 13. The van der Waals surface area contributed by atoms with Crippen molar-refractivity contribution in [3.63, 3.8) is 0 Å². The molecule has 0 fully saturated rings. The molecule has 0 aliphatic rings. The van der Waals surface area contributed by atoms with Crippen LogP contribution in [0.4, 0.5) is 15.0 Å². The highest BCUT2D eigenvalue weighted by Crippen LogP contribution is 2.40. The number of anilines is 3. The van der Waals surface area contributed by atoms with Crippen molar-refractivity contribution in [3.8, 4) is 56.4 Å². The van der Waals surface area contributed by atoms with E-state index < -0.39 is 0 Å². The average Bonchev–Trinajstić information content (AvgIpc) is 3.96. The standard InChI is InChI=1S/C16H20N2O3S.C15H18N2O3S.C12H10Cl2N2OS/c1-9(2)18-16(19)14-11(8-22-15(14)17)10-5-6-12(20-3)13(7-10)21-4;1-4-17-15(18)13-10(8-21-14(13)16)9-5-6-11(19-2)12(7-9)20-3;1-16-12(17)10-7(5-18-11(10)15)6-2-3-8(13)9(14)4-6/h5-9H,17H2,1-4H3,(H,18,19);5-8H,4,16H2,1-3H3,(H,17,18);2-5H,15H2,1H3,(H,16,17). The summed E-state index contributed by atoms with van der Waals surface area (Å²) in [5.41, 5.74) is 24.1. The number of methoxy groups -OCH3 is 4. The van der Waals surface area contributed by atoms with Crippen LogP contribution in [0.2, 0.25) is 10.0 Å². The molecule has 6 rings (SSSR count). The van der Waals surface area contributed by atoms with Crippen LogP contribution >= 0.6 is 57.2 Å². The highest BCUT2D eigenvalue weighted by Gasteiger charge is 2.22. The first-order chi connectivity index (χ1) is 29.1. The van der Waals surface area contributed by atoms with Gasteiger partial charge in [-0.05, 0) is 73.9 Å². The van der Waals surface area contributed by atoms with Crippen molar-refractivity contribution in [1.82, 2.24) is 16.0 Å². The van der Waals surface area contributed by atoms with Gasteiger partial charge < -0.3 is 52.1 Å². The Morgan fingerprint density at radius 1 is 0.590 bits per heavy atom. The largest absolute Gasteiger partial charge is 0.493 e. The lowest BCUT2D eigenvalue weighted by atomic mass is 10.0. The van der Waals surface area contributed by atoms with Gasteiger partial charge in [0.15, 0.2) is 23.0 Å². The number of amides is 3. The monoisotopic (exact) mass is 926 g/mol. The Hall–Kier alpha value is -5.65. The number of carbonyl (C=O) groups excluding carboxylic acids is 3. The van der Waals surface area contributed by atoms with E-state index in [0.29, 0.717) is 71.3 Å². The number of ether oxygens (including phenoxy) is 4. The Labute approximate surface area is 377 Å². The van der Waals surface area contributed by atoms with E-state index in [9.17, 15) is 14.4 Å². The summed E-state index contributed by atoms with van der Waals surface area (Å²) in [6.07, 6.45) is 0. The molecule has 13 nitrogen and oxygen atoms in total. The molecular weight excluding hydrogens is 880 g/mol. The topological polar surface area (TPSA) is 202 Å². The van der Waals surface area contributed by atoms with E-state index in [1.54, 1.807) is 47.6 Å². The average molecular weight is 928 g/mol. The summed E-state index contributed by atoms with van der Waals surface area (Å²) < 4.78 is 21.1. The molecule has 0 saturated heterocycles. The highest BCUT2D eigenvalue weighted by atomic mass is 35.5. The van der Waals surface area contributed by atoms with Crippen molar-refractivity contribution in [2.75, 3.05) is 59.2 Å². The number of halogens is 2. The lowest BCUT2D eigenvalue weighted by Crippen LogP contribution is -2.30. The van der Waals surface area contributed by atoms with Crippen LogP contribution in [0.15, 0.2) is 70.7 Å². The molecule has 9 N–H and O–H groups in total. The predicted octanol–water partition coefficient (Wildman–Crippen LogP) is 9.58. The van der Waals surface area contributed by atoms with Crippen LogP contribution in [0.5, 0.6) is 23.0 Å². The zero-order valence-electron chi connectivity index (χ0n) is 34.8. The molecule has 3 heterocycles. The Balaban J connectivity index is 0.000000202. The minimum Gasteiger partial charge on any atom is -0.493 e. The molecule has 3 amide bonds. The number of hydrogen-bond donors (Lipinski definition) is 6. The fraction of sp³-hybridized carbons (Fsp3) is 0.233. The number of rotatable bonds is 12. The van der Waals surface area contributed by atoms with Crippen molar-refractivity contribution >= 4 is 89.9 Å². The molecule has 0 radical (unpaired) electrons. The maximum Gasteiger partial charge on any atom is 0.255 e. The van der Waals surface area contributed by atoms with Crippen LogP contribution in [0, 0.1) is 0 Å². The van der Waals surface area contributed by atoms with Gasteiger partial charge in [-0.1, -0.05) is 41.4 Å². The summed E-state index contributed by atoms with van der Waals surface area (Å²) in [5.74, 6) is 1.96. The Morgan fingerprint density at radius 3 is 1.36 bits per heavy atom. The van der Waals surface area contributed by atoms with Crippen LogP contribution in [0.3, 0.4) is 0 Å². The van der Waals surface area contributed by atoms with Crippen LogP contribution in [0.25, 0.3) is 33.4 Å². The fourth-order valence-electron chi connectivity index (χ4n) is 5.84. The second-order valence-electron chi connectivity index (χ2n) is 13.0. The number of nitrogens with two attached hydrogens (primary N) is 3. The van der Waals surface area contributed by atoms with E-state index in [2.05, 4.69) is 16.0 Å². The maximum absolute atomic E-state index is 12.4. The first-order valence-electron chi connectivity index (χ1n) is 18.5. The molecule has 18 heteroatoms. The number of nitrogens with one attached hydrogen (secondary N) is 3. The number of nitrogen functional groups attached to an aromatic ring is 3. The van der Waals surface area contributed by atoms with E-state index in [4.69, 9.17) is 59.4 Å². The van der Waals surface area contributed by atoms with Crippen molar-refractivity contribution in [1.29, 1.82) is 0 Å². The number of carbonyl (C=O) groups is 3. The highest BCUT2D eigenvalue weighted by molar-refractivity contribution is 7.15. The minimum atomic E-state index is -0.213. The molecule has 0 bridgehead atoms. The summed E-state index contributed by atoms with van der Waals surface area (Å²) in [5, 5.41) is 16.2. The second kappa shape index (κ2) is 22.3. The third-order valence-corrected chi connectivity index (χ3v) is 11.9. The quantitative estimate of drug-likeness (QED) is 0.0686. The van der Waals surface area contributed by atoms with Crippen molar-refractivity contribution in [2.45, 2.75) is 26.8 Å². The number of benzene rings is 3. The third kappa shape index (κ3) is 11.6. The Bertz CT molecular complexity index is 2480. The van der Waals surface area contributed by atoms with Gasteiger partial charge in [-0.2, -0.15) is 0 Å². The summed E-state index contributed by atoms with van der Waals surface area (Å²) >= 11 is 15.9. The molecule has 61 heavy (non-hydrogen) atoms. The maximum atomic E-state index is 12.4. The molecule has 6 aromatic rings. The van der Waals surface area contributed by atoms with Gasteiger partial charge in [0.1, 0.15) is 0 Å². The molecule has 3 aromatic heterocycles. The van der Waals surface area contributed by atoms with Gasteiger partial charge >= 0.3 is 0 Å². The van der Waals surface area contributed by atoms with E-state index in [-0.39, 0.29) is 23.8 Å². The van der Waals surface area contributed by atoms with Gasteiger partial charge in [0.25, 0.3) is 17.7 Å². The fourth-order valence-corrected chi connectivity index (χ4v) is 8.59. The molecule has 0 spiro atoms. The molecule has 0 aliphatic carbocycles.